The zero-order chi connectivity index (χ0) is 17.6. The van der Waals surface area contributed by atoms with Crippen molar-refractivity contribution in [3.05, 3.63) is 35.4 Å². The average Bonchev–Trinajstić information content (AvgIpc) is 2.56. The van der Waals surface area contributed by atoms with E-state index >= 15 is 0 Å². The Morgan fingerprint density at radius 1 is 1.38 bits per heavy atom. The van der Waals surface area contributed by atoms with Crippen LogP contribution >= 0.6 is 0 Å². The van der Waals surface area contributed by atoms with Gasteiger partial charge in [-0.2, -0.15) is 0 Å². The molecule has 132 valence electrons. The molecule has 1 N–H and O–H groups in total. The third-order valence-electron chi connectivity index (χ3n) is 4.37. The standard InChI is InChI=1S/C18H25NO5/c1-3-24-17(22)18(13-23-2)8-5-9-19(12-18)11-14-6-4-7-15(10-14)16(20)21/h4,6-7,10H,3,5,8-9,11-13H2,1-2H3,(H,20,21). The van der Waals surface area contributed by atoms with Crippen LogP contribution in [-0.4, -0.2) is 55.4 Å². The van der Waals surface area contributed by atoms with Crippen LogP contribution in [0.2, 0.25) is 0 Å². The molecule has 1 heterocycles. The molecule has 1 aromatic rings. The summed E-state index contributed by atoms with van der Waals surface area (Å²) >= 11 is 0. The molecule has 0 aromatic heterocycles. The Morgan fingerprint density at radius 2 is 2.17 bits per heavy atom. The molecule has 0 amide bonds. The molecule has 1 aliphatic heterocycles. The second kappa shape index (κ2) is 8.26. The molecule has 0 radical (unpaired) electrons. The van der Waals surface area contributed by atoms with Crippen LogP contribution in [0.15, 0.2) is 24.3 Å². The number of carboxylic acids is 1. The topological polar surface area (TPSA) is 76.1 Å². The lowest BCUT2D eigenvalue weighted by Gasteiger charge is -2.40. The summed E-state index contributed by atoms with van der Waals surface area (Å²) in [5.74, 6) is -1.15. The van der Waals surface area contributed by atoms with Gasteiger partial charge in [0.05, 0.1) is 18.8 Å². The first-order valence-corrected chi connectivity index (χ1v) is 8.21. The van der Waals surface area contributed by atoms with Crippen molar-refractivity contribution in [2.75, 3.05) is 33.4 Å². The summed E-state index contributed by atoms with van der Waals surface area (Å²) in [6, 6.07) is 6.91. The van der Waals surface area contributed by atoms with Gasteiger partial charge >= 0.3 is 11.9 Å². The van der Waals surface area contributed by atoms with Crippen molar-refractivity contribution in [2.45, 2.75) is 26.3 Å². The number of carboxylic acid groups (broad SMARTS) is 1. The number of likely N-dealkylation sites (tertiary alicyclic amines) is 1. The fraction of sp³-hybridized carbons (Fsp3) is 0.556. The van der Waals surface area contributed by atoms with Crippen LogP contribution in [0.3, 0.4) is 0 Å². The van der Waals surface area contributed by atoms with Crippen LogP contribution in [0.25, 0.3) is 0 Å². The van der Waals surface area contributed by atoms with Gasteiger partial charge in [-0.1, -0.05) is 12.1 Å². The molecule has 0 bridgehead atoms. The summed E-state index contributed by atoms with van der Waals surface area (Å²) in [7, 11) is 1.59. The second-order valence-electron chi connectivity index (χ2n) is 6.25. The van der Waals surface area contributed by atoms with Gasteiger partial charge in [0.25, 0.3) is 0 Å². The number of hydrogen-bond donors (Lipinski definition) is 1. The summed E-state index contributed by atoms with van der Waals surface area (Å²) in [5, 5.41) is 9.11. The Balaban J connectivity index is 2.12. The molecule has 1 unspecified atom stereocenters. The van der Waals surface area contributed by atoms with E-state index in [9.17, 15) is 9.59 Å². The molecule has 1 aliphatic rings. The molecule has 1 atom stereocenters. The SMILES string of the molecule is CCOC(=O)C1(COC)CCCN(Cc2cccc(C(=O)O)c2)C1. The zero-order valence-corrected chi connectivity index (χ0v) is 14.3. The number of piperidine rings is 1. The van der Waals surface area contributed by atoms with E-state index in [2.05, 4.69) is 4.90 Å². The highest BCUT2D eigenvalue weighted by atomic mass is 16.5. The van der Waals surface area contributed by atoms with Gasteiger partial charge in [-0.15, -0.1) is 0 Å². The van der Waals surface area contributed by atoms with Gasteiger partial charge in [-0.3, -0.25) is 9.69 Å². The molecule has 0 spiro atoms. The first-order valence-electron chi connectivity index (χ1n) is 8.21. The van der Waals surface area contributed by atoms with Gasteiger partial charge in [-0.05, 0) is 44.0 Å². The van der Waals surface area contributed by atoms with E-state index < -0.39 is 11.4 Å². The Kier molecular flexibility index (Phi) is 6.34. The molecule has 24 heavy (non-hydrogen) atoms. The van der Waals surface area contributed by atoms with Crippen LogP contribution < -0.4 is 0 Å². The van der Waals surface area contributed by atoms with Gasteiger partial charge in [0.1, 0.15) is 5.41 Å². The second-order valence-corrected chi connectivity index (χ2v) is 6.25. The monoisotopic (exact) mass is 335 g/mol. The summed E-state index contributed by atoms with van der Waals surface area (Å²) < 4.78 is 10.6. The average molecular weight is 335 g/mol. The number of ether oxygens (including phenoxy) is 2. The predicted molar refractivity (Wildman–Crippen MR) is 88.9 cm³/mol. The zero-order valence-electron chi connectivity index (χ0n) is 14.3. The molecule has 0 saturated carbocycles. The molecular weight excluding hydrogens is 310 g/mol. The molecule has 1 fully saturated rings. The number of aromatic carboxylic acids is 1. The lowest BCUT2D eigenvalue weighted by atomic mass is 9.80. The Bertz CT molecular complexity index is 585. The predicted octanol–water partition coefficient (Wildman–Crippen LogP) is 2.18. The minimum Gasteiger partial charge on any atom is -0.478 e. The van der Waals surface area contributed by atoms with Crippen molar-refractivity contribution >= 4 is 11.9 Å². The number of carbonyl (C=O) groups is 2. The number of benzene rings is 1. The van der Waals surface area contributed by atoms with E-state index in [1.807, 2.05) is 6.07 Å². The van der Waals surface area contributed by atoms with Gasteiger partial charge in [0, 0.05) is 20.2 Å². The Labute approximate surface area is 142 Å². The smallest absolute Gasteiger partial charge is 0.335 e. The molecule has 6 heteroatoms. The molecule has 6 nitrogen and oxygen atoms in total. The number of carbonyl (C=O) groups excluding carboxylic acids is 1. The maximum Gasteiger partial charge on any atom is 0.335 e. The fourth-order valence-corrected chi connectivity index (χ4v) is 3.33. The summed E-state index contributed by atoms with van der Waals surface area (Å²) in [6.45, 7) is 4.50. The van der Waals surface area contributed by atoms with Crippen molar-refractivity contribution in [3.8, 4) is 0 Å². The van der Waals surface area contributed by atoms with Crippen LogP contribution in [0.1, 0.15) is 35.7 Å². The largest absolute Gasteiger partial charge is 0.478 e. The van der Waals surface area contributed by atoms with Crippen LogP contribution in [0, 0.1) is 5.41 Å². The van der Waals surface area contributed by atoms with E-state index in [-0.39, 0.29) is 11.5 Å². The van der Waals surface area contributed by atoms with Gasteiger partial charge in [-0.25, -0.2) is 4.79 Å². The number of esters is 1. The summed E-state index contributed by atoms with van der Waals surface area (Å²) in [4.78, 5) is 25.7. The van der Waals surface area contributed by atoms with Crippen molar-refractivity contribution in [2.24, 2.45) is 5.41 Å². The highest BCUT2D eigenvalue weighted by molar-refractivity contribution is 5.87. The summed E-state index contributed by atoms with van der Waals surface area (Å²) in [6.07, 6.45) is 1.62. The van der Waals surface area contributed by atoms with Crippen LogP contribution in [-0.2, 0) is 20.8 Å². The van der Waals surface area contributed by atoms with E-state index in [4.69, 9.17) is 14.6 Å². The van der Waals surface area contributed by atoms with Crippen LogP contribution in [0.4, 0.5) is 0 Å². The highest BCUT2D eigenvalue weighted by Gasteiger charge is 2.43. The van der Waals surface area contributed by atoms with Gasteiger partial charge in [0.15, 0.2) is 0 Å². The van der Waals surface area contributed by atoms with Gasteiger partial charge in [0.2, 0.25) is 0 Å². The van der Waals surface area contributed by atoms with E-state index in [1.165, 1.54) is 0 Å². The highest BCUT2D eigenvalue weighted by Crippen LogP contribution is 2.32. The molecular formula is C18H25NO5. The van der Waals surface area contributed by atoms with Crippen molar-refractivity contribution < 1.29 is 24.2 Å². The number of rotatable bonds is 7. The summed E-state index contributed by atoms with van der Waals surface area (Å²) in [5.41, 5.74) is 0.554. The lowest BCUT2D eigenvalue weighted by molar-refractivity contribution is -0.163. The lowest BCUT2D eigenvalue weighted by Crippen LogP contribution is -2.50. The van der Waals surface area contributed by atoms with E-state index in [0.717, 1.165) is 24.9 Å². The normalized spacial score (nSPS) is 21.4. The number of methoxy groups -OCH3 is 1. The quantitative estimate of drug-likeness (QED) is 0.770. The maximum absolute atomic E-state index is 12.4. The Morgan fingerprint density at radius 3 is 2.83 bits per heavy atom. The number of nitrogens with zero attached hydrogens (tertiary/aromatic N) is 1. The van der Waals surface area contributed by atoms with Crippen molar-refractivity contribution in [1.29, 1.82) is 0 Å². The molecule has 1 aromatic carbocycles. The van der Waals surface area contributed by atoms with Gasteiger partial charge < -0.3 is 14.6 Å². The van der Waals surface area contributed by atoms with Crippen molar-refractivity contribution in [3.63, 3.8) is 0 Å². The van der Waals surface area contributed by atoms with E-state index in [1.54, 1.807) is 32.2 Å². The third-order valence-corrected chi connectivity index (χ3v) is 4.37. The van der Waals surface area contributed by atoms with E-state index in [0.29, 0.717) is 26.3 Å². The maximum atomic E-state index is 12.4. The first kappa shape index (κ1) is 18.4. The minimum absolute atomic E-state index is 0.212. The fourth-order valence-electron chi connectivity index (χ4n) is 3.33. The molecule has 0 aliphatic carbocycles. The van der Waals surface area contributed by atoms with Crippen LogP contribution in [0.5, 0.6) is 0 Å². The Hall–Kier alpha value is -1.92. The number of hydrogen-bond acceptors (Lipinski definition) is 5. The van der Waals surface area contributed by atoms with Crippen molar-refractivity contribution in [1.82, 2.24) is 4.90 Å². The third kappa shape index (κ3) is 4.33. The minimum atomic E-state index is -0.934. The molecule has 2 rings (SSSR count). The first-order chi connectivity index (χ1) is 11.5. The molecule has 1 saturated heterocycles.